The number of benzene rings is 2. The number of fused-ring (bicyclic) bond motifs is 2. The molecule has 1 saturated carbocycles. The third kappa shape index (κ3) is 4.04. The largest absolute Gasteiger partial charge is 0.486 e. The molecule has 7 heteroatoms. The number of nitrogens with zero attached hydrogens (tertiary/aromatic N) is 1. The predicted molar refractivity (Wildman–Crippen MR) is 118 cm³/mol. The number of carbonyl (C=O) groups excluding carboxylic acids is 1. The number of carbonyl (C=O) groups is 1. The van der Waals surface area contributed by atoms with Gasteiger partial charge in [0.2, 0.25) is 0 Å². The summed E-state index contributed by atoms with van der Waals surface area (Å²) in [6.45, 7) is 1.74. The zero-order chi connectivity index (χ0) is 21.2. The van der Waals surface area contributed by atoms with Gasteiger partial charge in [-0.15, -0.1) is 0 Å². The van der Waals surface area contributed by atoms with E-state index >= 15 is 0 Å². The van der Waals surface area contributed by atoms with Crippen LogP contribution in [0.4, 0.5) is 0 Å². The minimum Gasteiger partial charge on any atom is -0.486 e. The maximum atomic E-state index is 12.6. The Kier molecular flexibility index (Phi) is 5.40. The molecule has 7 nitrogen and oxygen atoms in total. The Labute approximate surface area is 180 Å². The van der Waals surface area contributed by atoms with Crippen LogP contribution in [0.2, 0.25) is 0 Å². The highest BCUT2D eigenvalue weighted by Gasteiger charge is 2.21. The third-order valence-corrected chi connectivity index (χ3v) is 6.20. The molecule has 2 aliphatic rings. The van der Waals surface area contributed by atoms with Gasteiger partial charge in [-0.05, 0) is 61.6 Å². The van der Waals surface area contributed by atoms with Crippen LogP contribution in [0.5, 0.6) is 11.5 Å². The Bertz CT molecular complexity index is 1160. The Morgan fingerprint density at radius 3 is 2.71 bits per heavy atom. The molecular weight excluding hydrogens is 394 g/mol. The molecule has 1 aromatic heterocycles. The van der Waals surface area contributed by atoms with Crippen LogP contribution in [-0.4, -0.2) is 35.2 Å². The summed E-state index contributed by atoms with van der Waals surface area (Å²) in [6.07, 6.45) is 6.07. The lowest BCUT2D eigenvalue weighted by Crippen LogP contribution is -2.24. The highest BCUT2D eigenvalue weighted by molar-refractivity contribution is 5.97. The number of aromatic amines is 1. The maximum Gasteiger partial charge on any atom is 0.326 e. The summed E-state index contributed by atoms with van der Waals surface area (Å²) in [6, 6.07) is 11.7. The molecule has 0 spiro atoms. The molecule has 0 bridgehead atoms. The van der Waals surface area contributed by atoms with Gasteiger partial charge in [0.05, 0.1) is 11.0 Å². The van der Waals surface area contributed by atoms with Gasteiger partial charge in [-0.2, -0.15) is 0 Å². The van der Waals surface area contributed by atoms with Crippen molar-refractivity contribution < 1.29 is 14.3 Å². The Balaban J connectivity index is 1.19. The van der Waals surface area contributed by atoms with Crippen molar-refractivity contribution in [2.45, 2.75) is 44.6 Å². The number of hydrogen-bond donors (Lipinski definition) is 2. The van der Waals surface area contributed by atoms with Crippen molar-refractivity contribution in [3.8, 4) is 11.5 Å². The molecule has 1 amide bonds. The van der Waals surface area contributed by atoms with Crippen molar-refractivity contribution in [1.82, 2.24) is 14.9 Å². The number of imidazole rings is 1. The van der Waals surface area contributed by atoms with E-state index in [1.54, 1.807) is 12.1 Å². The van der Waals surface area contributed by atoms with Gasteiger partial charge in [-0.25, -0.2) is 4.79 Å². The summed E-state index contributed by atoms with van der Waals surface area (Å²) in [5, 5.41) is 2.98. The van der Waals surface area contributed by atoms with E-state index < -0.39 is 0 Å². The summed E-state index contributed by atoms with van der Waals surface area (Å²) in [4.78, 5) is 27.9. The molecule has 1 aliphatic carbocycles. The van der Waals surface area contributed by atoms with Crippen molar-refractivity contribution in [1.29, 1.82) is 0 Å². The Hall–Kier alpha value is -3.22. The second kappa shape index (κ2) is 8.49. The second-order valence-electron chi connectivity index (χ2n) is 8.31. The van der Waals surface area contributed by atoms with Crippen LogP contribution in [0.3, 0.4) is 0 Å². The molecule has 31 heavy (non-hydrogen) atoms. The topological polar surface area (TPSA) is 85.3 Å². The Morgan fingerprint density at radius 1 is 1.06 bits per heavy atom. The van der Waals surface area contributed by atoms with Crippen molar-refractivity contribution in [3.05, 3.63) is 58.0 Å². The number of H-pyrrole nitrogens is 1. The van der Waals surface area contributed by atoms with E-state index in [1.165, 1.54) is 0 Å². The van der Waals surface area contributed by atoms with E-state index in [0.717, 1.165) is 66.6 Å². The number of amides is 1. The van der Waals surface area contributed by atoms with E-state index in [1.807, 2.05) is 28.8 Å². The molecule has 3 aromatic rings. The summed E-state index contributed by atoms with van der Waals surface area (Å²) < 4.78 is 13.0. The molecule has 1 fully saturated rings. The molecule has 0 saturated heterocycles. The molecule has 162 valence electrons. The zero-order valence-electron chi connectivity index (χ0n) is 17.5. The standard InChI is InChI=1S/C24H27N3O4/c28-23(25-11-3-4-16-7-10-21-22(14-16)31-13-12-30-21)17-8-9-20-19(15-17)26-24(29)27(20)18-5-1-2-6-18/h7-10,14-15,18H,1-6,11-13H2,(H,25,28)(H,26,29). The lowest BCUT2D eigenvalue weighted by atomic mass is 10.1. The molecule has 2 heterocycles. The van der Waals surface area contributed by atoms with Crippen LogP contribution in [0, 0.1) is 0 Å². The number of rotatable bonds is 6. The number of aryl methyl sites for hydroxylation is 1. The molecule has 1 aliphatic heterocycles. The first kappa shape index (κ1) is 19.7. The van der Waals surface area contributed by atoms with Crippen LogP contribution in [0.1, 0.15) is 54.1 Å². The lowest BCUT2D eigenvalue weighted by Gasteiger charge is -2.18. The van der Waals surface area contributed by atoms with E-state index in [0.29, 0.717) is 25.3 Å². The summed E-state index contributed by atoms with van der Waals surface area (Å²) >= 11 is 0. The summed E-state index contributed by atoms with van der Waals surface area (Å²) in [5.74, 6) is 1.46. The highest BCUT2D eigenvalue weighted by atomic mass is 16.6. The van der Waals surface area contributed by atoms with Gasteiger partial charge in [0, 0.05) is 18.2 Å². The van der Waals surface area contributed by atoms with Crippen molar-refractivity contribution in [2.75, 3.05) is 19.8 Å². The van der Waals surface area contributed by atoms with Crippen LogP contribution < -0.4 is 20.5 Å². The predicted octanol–water partition coefficient (Wildman–Crippen LogP) is 3.58. The molecule has 0 unspecified atom stereocenters. The highest BCUT2D eigenvalue weighted by Crippen LogP contribution is 2.32. The van der Waals surface area contributed by atoms with Gasteiger partial charge >= 0.3 is 5.69 Å². The van der Waals surface area contributed by atoms with Gasteiger partial charge in [0.25, 0.3) is 5.91 Å². The van der Waals surface area contributed by atoms with Crippen LogP contribution >= 0.6 is 0 Å². The summed E-state index contributed by atoms with van der Waals surface area (Å²) in [5.41, 5.74) is 3.24. The minimum atomic E-state index is -0.126. The van der Waals surface area contributed by atoms with E-state index in [9.17, 15) is 9.59 Å². The first-order valence-corrected chi connectivity index (χ1v) is 11.1. The molecule has 0 radical (unpaired) electrons. The number of nitrogens with one attached hydrogen (secondary N) is 2. The minimum absolute atomic E-state index is 0.0844. The van der Waals surface area contributed by atoms with Gasteiger partial charge in [-0.3, -0.25) is 9.36 Å². The normalized spacial score (nSPS) is 16.0. The van der Waals surface area contributed by atoms with Crippen molar-refractivity contribution in [2.24, 2.45) is 0 Å². The fourth-order valence-electron chi connectivity index (χ4n) is 4.64. The van der Waals surface area contributed by atoms with Gasteiger partial charge in [0.15, 0.2) is 11.5 Å². The molecular formula is C24H27N3O4. The van der Waals surface area contributed by atoms with Crippen LogP contribution in [0.15, 0.2) is 41.2 Å². The average molecular weight is 421 g/mol. The van der Waals surface area contributed by atoms with Gasteiger partial charge < -0.3 is 19.8 Å². The van der Waals surface area contributed by atoms with Crippen molar-refractivity contribution >= 4 is 16.9 Å². The third-order valence-electron chi connectivity index (χ3n) is 6.20. The van der Waals surface area contributed by atoms with E-state index in [4.69, 9.17) is 9.47 Å². The molecule has 2 N–H and O–H groups in total. The lowest BCUT2D eigenvalue weighted by molar-refractivity contribution is 0.0953. The SMILES string of the molecule is O=C(NCCCc1ccc2c(c1)OCCO2)c1ccc2c(c1)[nH]c(=O)n2C1CCCC1. The average Bonchev–Trinajstić information content (AvgIpc) is 3.42. The molecule has 5 rings (SSSR count). The maximum absolute atomic E-state index is 12.6. The fourth-order valence-corrected chi connectivity index (χ4v) is 4.64. The Morgan fingerprint density at radius 2 is 1.87 bits per heavy atom. The van der Waals surface area contributed by atoms with Crippen molar-refractivity contribution in [3.63, 3.8) is 0 Å². The first-order chi connectivity index (χ1) is 15.2. The van der Waals surface area contributed by atoms with E-state index in [2.05, 4.69) is 10.3 Å². The van der Waals surface area contributed by atoms with Crippen LogP contribution in [0.25, 0.3) is 11.0 Å². The zero-order valence-corrected chi connectivity index (χ0v) is 17.5. The second-order valence-corrected chi connectivity index (χ2v) is 8.31. The fraction of sp³-hybridized carbons (Fsp3) is 0.417. The molecule has 0 atom stereocenters. The van der Waals surface area contributed by atoms with Crippen LogP contribution in [-0.2, 0) is 6.42 Å². The summed E-state index contributed by atoms with van der Waals surface area (Å²) in [7, 11) is 0. The van der Waals surface area contributed by atoms with Gasteiger partial charge in [0.1, 0.15) is 13.2 Å². The number of ether oxygens (including phenoxy) is 2. The number of hydrogen-bond acceptors (Lipinski definition) is 4. The quantitative estimate of drug-likeness (QED) is 0.596. The smallest absolute Gasteiger partial charge is 0.326 e. The molecule has 2 aromatic carbocycles. The monoisotopic (exact) mass is 421 g/mol. The number of aromatic nitrogens is 2. The first-order valence-electron chi connectivity index (χ1n) is 11.1. The van der Waals surface area contributed by atoms with Gasteiger partial charge in [-0.1, -0.05) is 18.9 Å². The van der Waals surface area contributed by atoms with E-state index in [-0.39, 0.29) is 17.6 Å².